The van der Waals surface area contributed by atoms with Crippen LogP contribution in [0.4, 0.5) is 5.69 Å². The molecule has 8 nitrogen and oxygen atoms in total. The summed E-state index contributed by atoms with van der Waals surface area (Å²) in [5.41, 5.74) is 12.6. The molecule has 2 aromatic carbocycles. The van der Waals surface area contributed by atoms with Gasteiger partial charge in [-0.05, 0) is 50.0 Å². The Hall–Kier alpha value is -3.26. The molecule has 0 spiro atoms. The Balaban J connectivity index is 0.00000148. The molecule has 1 aliphatic heterocycles. The maximum absolute atomic E-state index is 6.06. The van der Waals surface area contributed by atoms with Crippen molar-refractivity contribution in [3.63, 3.8) is 0 Å². The summed E-state index contributed by atoms with van der Waals surface area (Å²) in [6.45, 7) is 5.35. The van der Waals surface area contributed by atoms with Gasteiger partial charge in [0.1, 0.15) is 29.4 Å². The average Bonchev–Trinajstić information content (AvgIpc) is 3.49. The first-order chi connectivity index (χ1) is 17.6. The molecule has 36 heavy (non-hydrogen) atoms. The van der Waals surface area contributed by atoms with E-state index in [0.717, 1.165) is 30.9 Å². The number of aromatic nitrogens is 3. The van der Waals surface area contributed by atoms with Crippen molar-refractivity contribution in [1.82, 2.24) is 25.4 Å². The second kappa shape index (κ2) is 12.1. The van der Waals surface area contributed by atoms with Gasteiger partial charge in [-0.2, -0.15) is 5.10 Å². The van der Waals surface area contributed by atoms with Crippen LogP contribution in [0.3, 0.4) is 0 Å². The number of benzene rings is 2. The van der Waals surface area contributed by atoms with Crippen molar-refractivity contribution in [2.75, 3.05) is 18.9 Å². The summed E-state index contributed by atoms with van der Waals surface area (Å²) in [6.07, 6.45) is 5.20. The van der Waals surface area contributed by atoms with Crippen molar-refractivity contribution >= 4 is 22.1 Å². The van der Waals surface area contributed by atoms with Crippen LogP contribution >= 0.6 is 10.1 Å². The predicted octanol–water partition coefficient (Wildman–Crippen LogP) is 4.51. The topological polar surface area (TPSA) is 102 Å². The molecule has 1 unspecified atom stereocenters. The van der Waals surface area contributed by atoms with E-state index in [-0.39, 0.29) is 0 Å². The van der Waals surface area contributed by atoms with Gasteiger partial charge in [-0.25, -0.2) is 14.7 Å². The summed E-state index contributed by atoms with van der Waals surface area (Å²) in [6, 6.07) is 16.2. The minimum absolute atomic E-state index is 0.378. The van der Waals surface area contributed by atoms with E-state index in [0.29, 0.717) is 29.8 Å². The number of hydrogen-bond donors (Lipinski definition) is 3. The molecule has 0 saturated carbocycles. The molecule has 4 N–H and O–H groups in total. The van der Waals surface area contributed by atoms with Gasteiger partial charge < -0.3 is 21.1 Å². The molecule has 3 aromatic rings. The van der Waals surface area contributed by atoms with Crippen LogP contribution in [0.1, 0.15) is 37.1 Å². The molecule has 10 heteroatoms. The number of fused-ring (bicyclic) bond motifs is 1. The van der Waals surface area contributed by atoms with Crippen LogP contribution in [0.25, 0.3) is 5.69 Å². The number of rotatable bonds is 8. The van der Waals surface area contributed by atoms with Gasteiger partial charge in [0.25, 0.3) is 0 Å². The fourth-order valence-electron chi connectivity index (χ4n) is 4.49. The van der Waals surface area contributed by atoms with Crippen molar-refractivity contribution in [1.29, 1.82) is 0 Å². The minimum atomic E-state index is 0.378. The Bertz CT molecular complexity index is 1290. The van der Waals surface area contributed by atoms with Crippen molar-refractivity contribution in [2.24, 2.45) is 4.99 Å². The number of nitrogens with two attached hydrogens (primary N) is 1. The monoisotopic (exact) mass is 546 g/mol. The van der Waals surface area contributed by atoms with Gasteiger partial charge >= 0.3 is 25.2 Å². The Morgan fingerprint density at radius 1 is 1.19 bits per heavy atom. The zero-order chi connectivity index (χ0) is 25.5. The molecule has 1 atom stereocenters. The third kappa shape index (κ3) is 5.75. The zero-order valence-electron chi connectivity index (χ0n) is 20.2. The number of aliphatic imine (C=N–C) groups is 1. The van der Waals surface area contributed by atoms with Crippen molar-refractivity contribution in [3.05, 3.63) is 88.9 Å². The van der Waals surface area contributed by atoms with Gasteiger partial charge in [-0.15, -0.1) is 0 Å². The molecule has 0 saturated heterocycles. The van der Waals surface area contributed by atoms with E-state index < -0.39 is 0 Å². The summed E-state index contributed by atoms with van der Waals surface area (Å²) < 4.78 is 7.77. The van der Waals surface area contributed by atoms with Gasteiger partial charge in [-0.1, -0.05) is 30.3 Å². The number of ether oxygens (including phenoxy) is 1. The van der Waals surface area contributed by atoms with E-state index in [2.05, 4.69) is 88.2 Å². The first-order valence-electron chi connectivity index (χ1n) is 11.7. The first-order valence-corrected chi connectivity index (χ1v) is 13.2. The van der Waals surface area contributed by atoms with Gasteiger partial charge in [-0.3, -0.25) is 0 Å². The summed E-state index contributed by atoms with van der Waals surface area (Å²) in [5, 5.41) is 11.2. The molecule has 0 bridgehead atoms. The van der Waals surface area contributed by atoms with E-state index in [1.165, 1.54) is 22.4 Å². The fourth-order valence-corrected chi connectivity index (χ4v) is 4.49. The Kier molecular flexibility index (Phi) is 8.69. The average molecular weight is 547 g/mol. The second-order valence-corrected chi connectivity index (χ2v) is 8.55. The number of anilines is 1. The van der Waals surface area contributed by atoms with Crippen LogP contribution in [0, 0.1) is 6.92 Å². The Morgan fingerprint density at radius 3 is 2.75 bits per heavy atom. The second-order valence-electron chi connectivity index (χ2n) is 8.55. The number of hydrogen-bond acceptors (Lipinski definition) is 7. The van der Waals surface area contributed by atoms with Crippen LogP contribution in [0.2, 0.25) is 0 Å². The van der Waals surface area contributed by atoms with Crippen molar-refractivity contribution in [2.45, 2.75) is 32.6 Å². The van der Waals surface area contributed by atoms with E-state index in [4.69, 9.17) is 10.5 Å². The molecule has 0 fully saturated rings. The molecule has 0 amide bonds. The predicted molar refractivity (Wildman–Crippen MR) is 140 cm³/mol. The van der Waals surface area contributed by atoms with E-state index in [9.17, 15) is 0 Å². The fraction of sp³-hybridized carbons (Fsp3) is 0.269. The van der Waals surface area contributed by atoms with Gasteiger partial charge in [0.2, 0.25) is 0 Å². The number of allylic oxidation sites excluding steroid dienone is 2. The molecule has 0 radical (unpaired) electrons. The maximum atomic E-state index is 6.06. The number of aryl methyl sites for hydroxylation is 1. The van der Waals surface area contributed by atoms with Crippen LogP contribution in [-0.4, -0.2) is 34.3 Å². The van der Waals surface area contributed by atoms with Crippen molar-refractivity contribution in [3.8, 4) is 11.4 Å². The molecule has 5 rings (SSSR count). The molecule has 189 valence electrons. The number of halogens is 1. The number of nitrogens with one attached hydrogen (secondary N) is 2. The molecular weight excluding hydrogens is 518 g/mol. The third-order valence-corrected chi connectivity index (χ3v) is 6.23. The van der Waals surface area contributed by atoms with Crippen LogP contribution in [0.5, 0.6) is 5.75 Å². The summed E-state index contributed by atoms with van der Waals surface area (Å²) in [7, 11) is 4.39. The van der Waals surface area contributed by atoms with E-state index in [1.807, 2.05) is 25.1 Å². The first kappa shape index (κ1) is 25.8. The normalized spacial score (nSPS) is 16.3. The molecular formula is C26H29ClFeN7O. The summed E-state index contributed by atoms with van der Waals surface area (Å²) >= 11 is 2.72. The molecule has 1 aromatic heterocycles. The third-order valence-electron chi connectivity index (χ3n) is 6.23. The molecule has 1 aliphatic carbocycles. The van der Waals surface area contributed by atoms with Gasteiger partial charge in [0, 0.05) is 35.5 Å². The van der Waals surface area contributed by atoms with Crippen LogP contribution in [0.15, 0.2) is 82.5 Å². The summed E-state index contributed by atoms with van der Waals surface area (Å²) in [5.74, 6) is 2.71. The quantitative estimate of drug-likeness (QED) is 0.218. The Labute approximate surface area is 223 Å². The van der Waals surface area contributed by atoms with Crippen LogP contribution < -0.4 is 21.1 Å². The number of nitrogen functional groups attached to an aromatic ring is 1. The zero-order valence-corrected chi connectivity index (χ0v) is 22.0. The van der Waals surface area contributed by atoms with Crippen molar-refractivity contribution < 1.29 is 19.8 Å². The SMILES string of the molecule is CC1=C2NC=NC(NCCCOc3cc(N)ccc3-n3cnc(C)n3)=C2CC1c1ccccc1.[Cl][Fe]. The van der Waals surface area contributed by atoms with Crippen LogP contribution in [-0.2, 0) is 15.1 Å². The summed E-state index contributed by atoms with van der Waals surface area (Å²) in [4.78, 5) is 8.78. The Morgan fingerprint density at radius 2 is 2.00 bits per heavy atom. The molecule has 2 aliphatic rings. The van der Waals surface area contributed by atoms with E-state index in [1.54, 1.807) is 17.3 Å². The van der Waals surface area contributed by atoms with Gasteiger partial charge in [0.15, 0.2) is 0 Å². The molecule has 2 heterocycles. The van der Waals surface area contributed by atoms with Gasteiger partial charge in [0.05, 0.1) is 12.9 Å². The van der Waals surface area contributed by atoms with E-state index >= 15 is 0 Å². The standard InChI is InChI=1S/C26H29N7O.ClH.Fe/c1-17-21(19-7-4-3-5-8-19)14-22-25(17)29-15-30-26(22)28-11-6-12-34-24-13-20(27)9-10-23(24)33-16-31-18(2)32-33;;/h3-5,7-10,13,15-16,21,28H,6,11-12,14,27H2,1-2H3,(H,29,30);1H;/q;;+1/p-1. The number of nitrogens with zero attached hydrogens (tertiary/aromatic N) is 4.